The SMILES string of the molecule is COc1ccc(CN2CCC(N(C)c3ccccn3)CC2)cc1. The maximum absolute atomic E-state index is 5.22. The summed E-state index contributed by atoms with van der Waals surface area (Å²) < 4.78 is 5.22. The Bertz CT molecular complexity index is 592. The number of anilines is 1. The predicted octanol–water partition coefficient (Wildman–Crippen LogP) is 3.19. The number of piperidine rings is 1. The highest BCUT2D eigenvalue weighted by Gasteiger charge is 2.23. The van der Waals surface area contributed by atoms with Gasteiger partial charge in [-0.3, -0.25) is 4.90 Å². The summed E-state index contributed by atoms with van der Waals surface area (Å²) in [5, 5.41) is 0. The molecule has 0 N–H and O–H groups in total. The van der Waals surface area contributed by atoms with Gasteiger partial charge in [0.05, 0.1) is 7.11 Å². The fourth-order valence-corrected chi connectivity index (χ4v) is 3.20. The van der Waals surface area contributed by atoms with Gasteiger partial charge in [0.15, 0.2) is 0 Å². The summed E-state index contributed by atoms with van der Waals surface area (Å²) in [5.41, 5.74) is 1.35. The molecule has 0 unspecified atom stereocenters. The van der Waals surface area contributed by atoms with E-state index in [1.54, 1.807) is 7.11 Å². The van der Waals surface area contributed by atoms with Gasteiger partial charge in [0, 0.05) is 38.9 Å². The Morgan fingerprint density at radius 1 is 1.13 bits per heavy atom. The molecule has 0 amide bonds. The molecule has 0 spiro atoms. The van der Waals surface area contributed by atoms with Crippen LogP contribution in [0.4, 0.5) is 5.82 Å². The van der Waals surface area contributed by atoms with Crippen LogP contribution in [-0.4, -0.2) is 43.2 Å². The largest absolute Gasteiger partial charge is 0.497 e. The van der Waals surface area contributed by atoms with Crippen molar-refractivity contribution in [3.63, 3.8) is 0 Å². The van der Waals surface area contributed by atoms with Gasteiger partial charge in [-0.2, -0.15) is 0 Å². The molecular weight excluding hydrogens is 286 g/mol. The van der Waals surface area contributed by atoms with Crippen molar-refractivity contribution in [2.75, 3.05) is 32.1 Å². The minimum Gasteiger partial charge on any atom is -0.497 e. The summed E-state index contributed by atoms with van der Waals surface area (Å²) in [5.74, 6) is 1.99. The topological polar surface area (TPSA) is 28.6 Å². The zero-order chi connectivity index (χ0) is 16.1. The van der Waals surface area contributed by atoms with E-state index < -0.39 is 0 Å². The Kier molecular flexibility index (Phi) is 5.13. The molecule has 0 aliphatic carbocycles. The molecule has 1 aliphatic heterocycles. The van der Waals surface area contributed by atoms with Crippen molar-refractivity contribution in [1.82, 2.24) is 9.88 Å². The number of pyridine rings is 1. The van der Waals surface area contributed by atoms with Gasteiger partial charge in [0.2, 0.25) is 0 Å². The number of nitrogens with zero attached hydrogens (tertiary/aromatic N) is 3. The lowest BCUT2D eigenvalue weighted by atomic mass is 10.0. The fourth-order valence-electron chi connectivity index (χ4n) is 3.20. The summed E-state index contributed by atoms with van der Waals surface area (Å²) in [7, 11) is 3.87. The molecule has 4 nitrogen and oxygen atoms in total. The molecule has 1 aromatic heterocycles. The van der Waals surface area contributed by atoms with Gasteiger partial charge >= 0.3 is 0 Å². The van der Waals surface area contributed by atoms with Crippen molar-refractivity contribution in [3.8, 4) is 5.75 Å². The van der Waals surface area contributed by atoms with Crippen LogP contribution < -0.4 is 9.64 Å². The van der Waals surface area contributed by atoms with Crippen molar-refractivity contribution in [2.45, 2.75) is 25.4 Å². The molecule has 0 saturated carbocycles. The van der Waals surface area contributed by atoms with E-state index in [4.69, 9.17) is 4.74 Å². The number of benzene rings is 1. The molecule has 4 heteroatoms. The summed E-state index contributed by atoms with van der Waals surface area (Å²) in [6, 6.07) is 15.1. The average molecular weight is 311 g/mol. The molecule has 0 bridgehead atoms. The van der Waals surface area contributed by atoms with Gasteiger partial charge in [-0.1, -0.05) is 18.2 Å². The molecule has 2 aromatic rings. The Hall–Kier alpha value is -2.07. The van der Waals surface area contributed by atoms with E-state index in [1.165, 1.54) is 18.4 Å². The van der Waals surface area contributed by atoms with Crippen molar-refractivity contribution in [1.29, 1.82) is 0 Å². The van der Waals surface area contributed by atoms with Gasteiger partial charge in [-0.05, 0) is 42.7 Å². The van der Waals surface area contributed by atoms with Crippen molar-refractivity contribution in [3.05, 3.63) is 54.2 Å². The van der Waals surface area contributed by atoms with Crippen LogP contribution in [0.25, 0.3) is 0 Å². The van der Waals surface area contributed by atoms with Gasteiger partial charge in [-0.15, -0.1) is 0 Å². The summed E-state index contributed by atoms with van der Waals surface area (Å²) in [4.78, 5) is 9.31. The number of hydrogen-bond acceptors (Lipinski definition) is 4. The first-order chi connectivity index (χ1) is 11.3. The Morgan fingerprint density at radius 2 is 1.87 bits per heavy atom. The monoisotopic (exact) mass is 311 g/mol. The summed E-state index contributed by atoms with van der Waals surface area (Å²) in [6.07, 6.45) is 4.23. The van der Waals surface area contributed by atoms with Crippen LogP contribution in [0.2, 0.25) is 0 Å². The van der Waals surface area contributed by atoms with E-state index in [2.05, 4.69) is 46.1 Å². The van der Waals surface area contributed by atoms with Crippen LogP contribution in [0.15, 0.2) is 48.7 Å². The molecule has 1 aliphatic rings. The second-order valence-corrected chi connectivity index (χ2v) is 6.15. The van der Waals surface area contributed by atoms with E-state index in [1.807, 2.05) is 24.4 Å². The number of likely N-dealkylation sites (tertiary alicyclic amines) is 1. The normalized spacial score (nSPS) is 16.3. The second-order valence-electron chi connectivity index (χ2n) is 6.15. The first-order valence-electron chi connectivity index (χ1n) is 8.25. The lowest BCUT2D eigenvalue weighted by Crippen LogP contribution is -2.43. The van der Waals surface area contributed by atoms with E-state index in [0.29, 0.717) is 6.04 Å². The lowest BCUT2D eigenvalue weighted by Gasteiger charge is -2.37. The minimum atomic E-state index is 0.581. The second kappa shape index (κ2) is 7.47. The molecule has 23 heavy (non-hydrogen) atoms. The minimum absolute atomic E-state index is 0.581. The Balaban J connectivity index is 1.51. The van der Waals surface area contributed by atoms with E-state index in [-0.39, 0.29) is 0 Å². The summed E-state index contributed by atoms with van der Waals surface area (Å²) >= 11 is 0. The highest BCUT2D eigenvalue weighted by atomic mass is 16.5. The third kappa shape index (κ3) is 4.02. The van der Waals surface area contributed by atoms with Gasteiger partial charge in [0.1, 0.15) is 11.6 Å². The molecule has 3 rings (SSSR count). The van der Waals surface area contributed by atoms with Gasteiger partial charge < -0.3 is 9.64 Å². The van der Waals surface area contributed by atoms with Gasteiger partial charge in [0.25, 0.3) is 0 Å². The molecule has 0 atom stereocenters. The van der Waals surface area contributed by atoms with Crippen LogP contribution in [0.3, 0.4) is 0 Å². The van der Waals surface area contributed by atoms with Gasteiger partial charge in [-0.25, -0.2) is 4.98 Å². The first kappa shape index (κ1) is 15.8. The third-order valence-corrected chi connectivity index (χ3v) is 4.68. The molecule has 2 heterocycles. The van der Waals surface area contributed by atoms with Crippen LogP contribution >= 0.6 is 0 Å². The number of rotatable bonds is 5. The molecule has 1 aromatic carbocycles. The average Bonchev–Trinajstić information content (AvgIpc) is 2.63. The maximum atomic E-state index is 5.22. The lowest BCUT2D eigenvalue weighted by molar-refractivity contribution is 0.203. The number of ether oxygens (including phenoxy) is 1. The highest BCUT2D eigenvalue weighted by Crippen LogP contribution is 2.21. The molecular formula is C19H25N3O. The van der Waals surface area contributed by atoms with Crippen molar-refractivity contribution < 1.29 is 4.74 Å². The van der Waals surface area contributed by atoms with E-state index in [0.717, 1.165) is 31.2 Å². The smallest absolute Gasteiger partial charge is 0.128 e. The molecule has 122 valence electrons. The molecule has 1 fully saturated rings. The number of methoxy groups -OCH3 is 1. The molecule has 1 saturated heterocycles. The fraction of sp³-hybridized carbons (Fsp3) is 0.421. The van der Waals surface area contributed by atoms with Crippen molar-refractivity contribution >= 4 is 5.82 Å². The zero-order valence-electron chi connectivity index (χ0n) is 14.0. The molecule has 0 radical (unpaired) electrons. The first-order valence-corrected chi connectivity index (χ1v) is 8.25. The Morgan fingerprint density at radius 3 is 2.48 bits per heavy atom. The number of aromatic nitrogens is 1. The number of hydrogen-bond donors (Lipinski definition) is 0. The zero-order valence-corrected chi connectivity index (χ0v) is 14.0. The standard InChI is InChI=1S/C19H25N3O/c1-21(19-5-3-4-12-20-19)17-10-13-22(14-11-17)15-16-6-8-18(23-2)9-7-16/h3-9,12,17H,10-11,13-15H2,1-2H3. The third-order valence-electron chi connectivity index (χ3n) is 4.68. The van der Waals surface area contributed by atoms with Crippen LogP contribution in [-0.2, 0) is 6.54 Å². The van der Waals surface area contributed by atoms with Crippen LogP contribution in [0.5, 0.6) is 5.75 Å². The van der Waals surface area contributed by atoms with Crippen LogP contribution in [0, 0.1) is 0 Å². The predicted molar refractivity (Wildman–Crippen MR) is 93.9 cm³/mol. The Labute approximate surface area is 138 Å². The van der Waals surface area contributed by atoms with E-state index >= 15 is 0 Å². The van der Waals surface area contributed by atoms with Crippen molar-refractivity contribution in [2.24, 2.45) is 0 Å². The highest BCUT2D eigenvalue weighted by molar-refractivity contribution is 5.38. The maximum Gasteiger partial charge on any atom is 0.128 e. The van der Waals surface area contributed by atoms with E-state index in [9.17, 15) is 0 Å². The quantitative estimate of drug-likeness (QED) is 0.848. The summed E-state index contributed by atoms with van der Waals surface area (Å²) in [6.45, 7) is 3.28. The van der Waals surface area contributed by atoms with Crippen LogP contribution in [0.1, 0.15) is 18.4 Å².